The molecule has 0 heterocycles. The van der Waals surface area contributed by atoms with Gasteiger partial charge in [-0.25, -0.2) is 9.18 Å². The van der Waals surface area contributed by atoms with Crippen LogP contribution >= 0.6 is 0 Å². The van der Waals surface area contributed by atoms with Crippen molar-refractivity contribution in [3.05, 3.63) is 30.1 Å². The Bertz CT molecular complexity index is 524. The van der Waals surface area contributed by atoms with E-state index in [-0.39, 0.29) is 31.0 Å². The lowest BCUT2D eigenvalue weighted by Crippen LogP contribution is -2.39. The SMILES string of the molecule is CC1CCC(NC(=O)COC(=O)COc2ccc(F)cc2)CC1. The molecule has 126 valence electrons. The number of amides is 1. The molecule has 0 aliphatic heterocycles. The molecule has 1 aromatic carbocycles. The van der Waals surface area contributed by atoms with Crippen LogP contribution in [0.5, 0.6) is 5.75 Å². The van der Waals surface area contributed by atoms with Crippen LogP contribution in [0.1, 0.15) is 32.6 Å². The van der Waals surface area contributed by atoms with E-state index in [4.69, 9.17) is 9.47 Å². The number of hydrogen-bond donors (Lipinski definition) is 1. The van der Waals surface area contributed by atoms with Gasteiger partial charge in [-0.3, -0.25) is 4.79 Å². The molecule has 0 aromatic heterocycles. The molecule has 1 amide bonds. The van der Waals surface area contributed by atoms with Crippen molar-refractivity contribution in [2.45, 2.75) is 38.6 Å². The first-order chi connectivity index (χ1) is 11.0. The van der Waals surface area contributed by atoms with Gasteiger partial charge in [-0.15, -0.1) is 0 Å². The fourth-order valence-electron chi connectivity index (χ4n) is 2.53. The molecule has 1 fully saturated rings. The molecule has 1 aliphatic carbocycles. The first-order valence-corrected chi connectivity index (χ1v) is 7.86. The van der Waals surface area contributed by atoms with Gasteiger partial charge in [0, 0.05) is 6.04 Å². The van der Waals surface area contributed by atoms with Gasteiger partial charge in [0.1, 0.15) is 11.6 Å². The van der Waals surface area contributed by atoms with E-state index in [2.05, 4.69) is 12.2 Å². The molecule has 0 unspecified atom stereocenters. The number of nitrogens with one attached hydrogen (secondary N) is 1. The second-order valence-electron chi connectivity index (χ2n) is 5.93. The normalized spacial score (nSPS) is 20.6. The van der Waals surface area contributed by atoms with Crippen molar-refractivity contribution >= 4 is 11.9 Å². The molecule has 0 bridgehead atoms. The van der Waals surface area contributed by atoms with Crippen LogP contribution in [0.4, 0.5) is 4.39 Å². The second-order valence-corrected chi connectivity index (χ2v) is 5.93. The zero-order valence-corrected chi connectivity index (χ0v) is 13.2. The molecule has 1 saturated carbocycles. The van der Waals surface area contributed by atoms with Gasteiger partial charge in [0.05, 0.1) is 0 Å². The van der Waals surface area contributed by atoms with Crippen LogP contribution in [0.3, 0.4) is 0 Å². The monoisotopic (exact) mass is 323 g/mol. The predicted molar refractivity (Wildman–Crippen MR) is 82.4 cm³/mol. The number of hydrogen-bond acceptors (Lipinski definition) is 4. The fourth-order valence-corrected chi connectivity index (χ4v) is 2.53. The molecule has 0 atom stereocenters. The van der Waals surface area contributed by atoms with Gasteiger partial charge in [0.15, 0.2) is 13.2 Å². The van der Waals surface area contributed by atoms with E-state index in [1.165, 1.54) is 24.3 Å². The maximum absolute atomic E-state index is 12.7. The molecule has 23 heavy (non-hydrogen) atoms. The first-order valence-electron chi connectivity index (χ1n) is 7.86. The van der Waals surface area contributed by atoms with Crippen molar-refractivity contribution in [2.75, 3.05) is 13.2 Å². The Hall–Kier alpha value is -2.11. The van der Waals surface area contributed by atoms with Crippen molar-refractivity contribution in [1.82, 2.24) is 5.32 Å². The summed E-state index contributed by atoms with van der Waals surface area (Å²) < 4.78 is 22.7. The van der Waals surface area contributed by atoms with Gasteiger partial charge in [-0.1, -0.05) is 6.92 Å². The van der Waals surface area contributed by atoms with Crippen LogP contribution in [0.25, 0.3) is 0 Å². The third-order valence-corrected chi connectivity index (χ3v) is 3.92. The van der Waals surface area contributed by atoms with Crippen LogP contribution in [-0.4, -0.2) is 31.1 Å². The average molecular weight is 323 g/mol. The Kier molecular flexibility index (Phi) is 6.38. The van der Waals surface area contributed by atoms with Crippen LogP contribution in [0.15, 0.2) is 24.3 Å². The summed E-state index contributed by atoms with van der Waals surface area (Å²) in [5.41, 5.74) is 0. The minimum absolute atomic E-state index is 0.174. The summed E-state index contributed by atoms with van der Waals surface area (Å²) in [6.07, 6.45) is 4.15. The molecule has 1 N–H and O–H groups in total. The molecule has 0 radical (unpaired) electrons. The van der Waals surface area contributed by atoms with Gasteiger partial charge in [0.25, 0.3) is 5.91 Å². The van der Waals surface area contributed by atoms with E-state index in [9.17, 15) is 14.0 Å². The van der Waals surface area contributed by atoms with E-state index in [1.54, 1.807) is 0 Å². The highest BCUT2D eigenvalue weighted by Crippen LogP contribution is 2.23. The van der Waals surface area contributed by atoms with E-state index < -0.39 is 5.97 Å². The number of benzene rings is 1. The highest BCUT2D eigenvalue weighted by molar-refractivity contribution is 5.81. The standard InChI is InChI=1S/C17H22FNO4/c1-12-2-6-14(7-3-12)19-16(20)10-23-17(21)11-22-15-8-4-13(18)5-9-15/h4-5,8-9,12,14H,2-3,6-7,10-11H2,1H3,(H,19,20). The Labute approximate surface area is 135 Å². The van der Waals surface area contributed by atoms with Gasteiger partial charge >= 0.3 is 5.97 Å². The van der Waals surface area contributed by atoms with Crippen molar-refractivity contribution < 1.29 is 23.5 Å². The molecule has 1 aromatic rings. The quantitative estimate of drug-likeness (QED) is 0.817. The molecule has 0 saturated heterocycles. The summed E-state index contributed by atoms with van der Waals surface area (Å²) in [4.78, 5) is 23.3. The lowest BCUT2D eigenvalue weighted by atomic mass is 9.87. The topological polar surface area (TPSA) is 64.6 Å². The largest absolute Gasteiger partial charge is 0.482 e. The number of carbonyl (C=O) groups is 2. The molecular weight excluding hydrogens is 301 g/mol. The number of carbonyl (C=O) groups excluding carboxylic acids is 2. The Balaban J connectivity index is 1.61. The first kappa shape index (κ1) is 17.2. The summed E-state index contributed by atoms with van der Waals surface area (Å²) in [7, 11) is 0. The Morgan fingerprint density at radius 3 is 2.43 bits per heavy atom. The minimum Gasteiger partial charge on any atom is -0.482 e. The van der Waals surface area contributed by atoms with Gasteiger partial charge < -0.3 is 14.8 Å². The number of esters is 1. The number of rotatable bonds is 6. The molecule has 5 nitrogen and oxygen atoms in total. The summed E-state index contributed by atoms with van der Waals surface area (Å²) in [6.45, 7) is 1.58. The summed E-state index contributed by atoms with van der Waals surface area (Å²) >= 11 is 0. The Morgan fingerprint density at radius 2 is 1.78 bits per heavy atom. The van der Waals surface area contributed by atoms with Crippen molar-refractivity contribution in [2.24, 2.45) is 5.92 Å². The predicted octanol–water partition coefficient (Wildman–Crippen LogP) is 2.44. The van der Waals surface area contributed by atoms with Crippen LogP contribution < -0.4 is 10.1 Å². The lowest BCUT2D eigenvalue weighted by molar-refractivity contribution is -0.150. The third kappa shape index (κ3) is 6.26. The van der Waals surface area contributed by atoms with Gasteiger partial charge in [-0.2, -0.15) is 0 Å². The summed E-state index contributed by atoms with van der Waals surface area (Å²) in [5, 5.41) is 2.88. The average Bonchev–Trinajstić information content (AvgIpc) is 2.54. The van der Waals surface area contributed by atoms with E-state index in [1.807, 2.05) is 0 Å². The number of halogens is 1. The van der Waals surface area contributed by atoms with E-state index in [0.29, 0.717) is 11.7 Å². The van der Waals surface area contributed by atoms with Crippen molar-refractivity contribution in [1.29, 1.82) is 0 Å². The maximum Gasteiger partial charge on any atom is 0.344 e. The zero-order valence-electron chi connectivity index (χ0n) is 13.2. The zero-order chi connectivity index (χ0) is 16.7. The Morgan fingerprint density at radius 1 is 1.13 bits per heavy atom. The molecule has 6 heteroatoms. The number of ether oxygens (including phenoxy) is 2. The highest BCUT2D eigenvalue weighted by atomic mass is 19.1. The van der Waals surface area contributed by atoms with Gasteiger partial charge in [0.2, 0.25) is 0 Å². The highest BCUT2D eigenvalue weighted by Gasteiger charge is 2.20. The molecule has 2 rings (SSSR count). The summed E-state index contributed by atoms with van der Waals surface area (Å²) in [5.74, 6) is -0.233. The maximum atomic E-state index is 12.7. The smallest absolute Gasteiger partial charge is 0.344 e. The second kappa shape index (κ2) is 8.50. The van der Waals surface area contributed by atoms with Crippen molar-refractivity contribution in [3.8, 4) is 5.75 Å². The van der Waals surface area contributed by atoms with Crippen LogP contribution in [-0.2, 0) is 14.3 Å². The van der Waals surface area contributed by atoms with Crippen LogP contribution in [0, 0.1) is 11.7 Å². The molecule has 0 spiro atoms. The van der Waals surface area contributed by atoms with E-state index in [0.717, 1.165) is 25.7 Å². The molecular formula is C17H22FNO4. The van der Waals surface area contributed by atoms with Gasteiger partial charge in [-0.05, 0) is 55.9 Å². The van der Waals surface area contributed by atoms with Crippen molar-refractivity contribution in [3.63, 3.8) is 0 Å². The summed E-state index contributed by atoms with van der Waals surface area (Å²) in [6, 6.07) is 5.48. The minimum atomic E-state index is -0.637. The fraction of sp³-hybridized carbons (Fsp3) is 0.529. The lowest BCUT2D eigenvalue weighted by Gasteiger charge is -2.26. The van der Waals surface area contributed by atoms with Crippen LogP contribution in [0.2, 0.25) is 0 Å². The molecule has 1 aliphatic rings. The van der Waals surface area contributed by atoms with E-state index >= 15 is 0 Å². The third-order valence-electron chi connectivity index (χ3n) is 3.92.